The molecular formula is C17H16Cl2N2O. The number of hydrogen-bond donors (Lipinski definition) is 1. The number of carbonyl (C=O) groups excluding carboxylic acids is 1. The summed E-state index contributed by atoms with van der Waals surface area (Å²) < 4.78 is 0. The summed E-state index contributed by atoms with van der Waals surface area (Å²) in [7, 11) is 4.03. The summed E-state index contributed by atoms with van der Waals surface area (Å²) in [5.74, 6) is -0.117. The first-order valence-electron chi connectivity index (χ1n) is 6.95. The molecule has 3 rings (SSSR count). The molecule has 114 valence electrons. The van der Waals surface area contributed by atoms with Gasteiger partial charge >= 0.3 is 0 Å². The quantitative estimate of drug-likeness (QED) is 0.871. The van der Waals surface area contributed by atoms with E-state index in [1.54, 1.807) is 6.07 Å². The molecule has 1 aliphatic rings. The zero-order valence-electron chi connectivity index (χ0n) is 12.6. The Hall–Kier alpha value is -1.55. The zero-order valence-corrected chi connectivity index (χ0v) is 14.1. The largest absolute Gasteiger partial charge is 0.326 e. The van der Waals surface area contributed by atoms with Crippen molar-refractivity contribution in [2.45, 2.75) is 13.0 Å². The molecule has 0 saturated heterocycles. The number of fused-ring (bicyclic) bond motifs is 3. The summed E-state index contributed by atoms with van der Waals surface area (Å²) in [5.41, 5.74) is 5.05. The van der Waals surface area contributed by atoms with Gasteiger partial charge in [-0.3, -0.25) is 9.69 Å². The highest BCUT2D eigenvalue weighted by atomic mass is 35.5. The van der Waals surface area contributed by atoms with E-state index in [9.17, 15) is 4.79 Å². The van der Waals surface area contributed by atoms with Crippen molar-refractivity contribution in [1.82, 2.24) is 4.90 Å². The van der Waals surface area contributed by atoms with E-state index in [4.69, 9.17) is 23.2 Å². The molecule has 22 heavy (non-hydrogen) atoms. The molecule has 2 aromatic carbocycles. The summed E-state index contributed by atoms with van der Waals surface area (Å²) in [4.78, 5) is 13.6. The number of carbonyl (C=O) groups is 1. The second-order valence-electron chi connectivity index (χ2n) is 5.70. The first-order valence-corrected chi connectivity index (χ1v) is 7.71. The molecule has 0 spiro atoms. The maximum absolute atomic E-state index is 11.5. The Kier molecular flexibility index (Phi) is 3.89. The van der Waals surface area contributed by atoms with E-state index >= 15 is 0 Å². The van der Waals surface area contributed by atoms with Crippen LogP contribution in [0.5, 0.6) is 0 Å². The molecule has 0 saturated carbocycles. The number of hydrogen-bond acceptors (Lipinski definition) is 2. The van der Waals surface area contributed by atoms with Crippen molar-refractivity contribution < 1.29 is 4.79 Å². The van der Waals surface area contributed by atoms with Crippen LogP contribution in [0.15, 0.2) is 30.3 Å². The smallest absolute Gasteiger partial charge is 0.221 e. The third-order valence-electron chi connectivity index (χ3n) is 3.83. The Morgan fingerprint density at radius 2 is 1.77 bits per heavy atom. The van der Waals surface area contributed by atoms with Crippen LogP contribution in [0.4, 0.5) is 5.69 Å². The highest BCUT2D eigenvalue weighted by Crippen LogP contribution is 2.50. The Balaban J connectivity index is 2.31. The lowest BCUT2D eigenvalue weighted by Crippen LogP contribution is -2.19. The lowest BCUT2D eigenvalue weighted by atomic mass is 10.0. The van der Waals surface area contributed by atoms with E-state index in [2.05, 4.69) is 10.2 Å². The van der Waals surface area contributed by atoms with Gasteiger partial charge in [0, 0.05) is 22.5 Å². The highest BCUT2D eigenvalue weighted by Gasteiger charge is 2.32. The summed E-state index contributed by atoms with van der Waals surface area (Å²) in [6.07, 6.45) is 0. The molecule has 0 aromatic heterocycles. The summed E-state index contributed by atoms with van der Waals surface area (Å²) in [6, 6.07) is 9.66. The Labute approximate surface area is 139 Å². The van der Waals surface area contributed by atoms with Crippen molar-refractivity contribution in [3.63, 3.8) is 0 Å². The second kappa shape index (κ2) is 5.58. The van der Waals surface area contributed by atoms with Gasteiger partial charge in [-0.15, -0.1) is 0 Å². The highest BCUT2D eigenvalue weighted by molar-refractivity contribution is 6.31. The number of anilines is 1. The standard InChI is InChI=1S/C17H16Cl2N2O/c1-9(22)20-15-8-11(19)7-14-16(15)12-5-4-10(18)6-13(12)17(14)21(2)3/h4-8,17H,1-3H3,(H,20,22)/t17-/m1/s1. The molecule has 1 aliphatic carbocycles. The molecular weight excluding hydrogens is 319 g/mol. The Morgan fingerprint density at radius 1 is 1.09 bits per heavy atom. The minimum Gasteiger partial charge on any atom is -0.326 e. The first-order chi connectivity index (χ1) is 10.4. The lowest BCUT2D eigenvalue weighted by Gasteiger charge is -2.22. The SMILES string of the molecule is CC(=O)Nc1cc(Cl)cc2c1-c1ccc(Cl)cc1[C@H]2N(C)C. The van der Waals surface area contributed by atoms with Gasteiger partial charge in [0.1, 0.15) is 0 Å². The molecule has 1 amide bonds. The third-order valence-corrected chi connectivity index (χ3v) is 4.29. The molecule has 0 radical (unpaired) electrons. The van der Waals surface area contributed by atoms with Gasteiger partial charge in [0.25, 0.3) is 0 Å². The van der Waals surface area contributed by atoms with E-state index in [-0.39, 0.29) is 11.9 Å². The van der Waals surface area contributed by atoms with Gasteiger partial charge in [0.2, 0.25) is 5.91 Å². The van der Waals surface area contributed by atoms with E-state index in [1.807, 2.05) is 38.4 Å². The lowest BCUT2D eigenvalue weighted by molar-refractivity contribution is -0.114. The number of nitrogens with one attached hydrogen (secondary N) is 1. The van der Waals surface area contributed by atoms with Crippen molar-refractivity contribution in [2.75, 3.05) is 19.4 Å². The van der Waals surface area contributed by atoms with Crippen LogP contribution in [0.25, 0.3) is 11.1 Å². The van der Waals surface area contributed by atoms with Crippen molar-refractivity contribution >= 4 is 34.8 Å². The number of rotatable bonds is 2. The molecule has 2 aromatic rings. The molecule has 3 nitrogen and oxygen atoms in total. The van der Waals surface area contributed by atoms with Crippen LogP contribution in [0.3, 0.4) is 0 Å². The molecule has 0 fully saturated rings. The van der Waals surface area contributed by atoms with E-state index in [1.165, 1.54) is 6.92 Å². The summed E-state index contributed by atoms with van der Waals surface area (Å²) >= 11 is 12.4. The Bertz CT molecular complexity index is 771. The molecule has 1 N–H and O–H groups in total. The molecule has 0 bridgehead atoms. The fraction of sp³-hybridized carbons (Fsp3) is 0.235. The molecule has 0 unspecified atom stereocenters. The zero-order chi connectivity index (χ0) is 16.0. The molecule has 1 atom stereocenters. The number of nitrogens with zero attached hydrogens (tertiary/aromatic N) is 1. The predicted octanol–water partition coefficient (Wildman–Crippen LogP) is 4.58. The van der Waals surface area contributed by atoms with E-state index < -0.39 is 0 Å². The second-order valence-corrected chi connectivity index (χ2v) is 6.57. The van der Waals surface area contributed by atoms with Gasteiger partial charge in [-0.1, -0.05) is 29.3 Å². The van der Waals surface area contributed by atoms with Crippen LogP contribution in [0, 0.1) is 0 Å². The van der Waals surface area contributed by atoms with Gasteiger partial charge in [-0.05, 0) is 55.1 Å². The van der Waals surface area contributed by atoms with Gasteiger partial charge < -0.3 is 5.32 Å². The van der Waals surface area contributed by atoms with Crippen molar-refractivity contribution in [1.29, 1.82) is 0 Å². The van der Waals surface area contributed by atoms with Crippen LogP contribution in [0.1, 0.15) is 24.1 Å². The molecule has 5 heteroatoms. The normalized spacial score (nSPS) is 15.6. The van der Waals surface area contributed by atoms with Crippen LogP contribution < -0.4 is 5.32 Å². The van der Waals surface area contributed by atoms with E-state index in [0.29, 0.717) is 10.0 Å². The fourth-order valence-electron chi connectivity index (χ4n) is 3.14. The van der Waals surface area contributed by atoms with Gasteiger partial charge in [0.05, 0.1) is 11.7 Å². The minimum atomic E-state index is -0.117. The summed E-state index contributed by atoms with van der Waals surface area (Å²) in [5, 5.41) is 4.19. The minimum absolute atomic E-state index is 0.0647. The molecule has 0 heterocycles. The predicted molar refractivity (Wildman–Crippen MR) is 91.7 cm³/mol. The maximum atomic E-state index is 11.5. The van der Waals surface area contributed by atoms with Gasteiger partial charge in [-0.2, -0.15) is 0 Å². The topological polar surface area (TPSA) is 32.3 Å². The van der Waals surface area contributed by atoms with Crippen LogP contribution >= 0.6 is 23.2 Å². The average Bonchev–Trinajstić information content (AvgIpc) is 2.70. The summed E-state index contributed by atoms with van der Waals surface area (Å²) in [6.45, 7) is 1.49. The number of halogens is 2. The van der Waals surface area contributed by atoms with Crippen molar-refractivity contribution in [3.05, 3.63) is 51.5 Å². The maximum Gasteiger partial charge on any atom is 0.221 e. The third kappa shape index (κ3) is 2.50. The van der Waals surface area contributed by atoms with Gasteiger partial charge in [-0.25, -0.2) is 0 Å². The van der Waals surface area contributed by atoms with Crippen molar-refractivity contribution in [2.24, 2.45) is 0 Å². The fourth-order valence-corrected chi connectivity index (χ4v) is 3.55. The monoisotopic (exact) mass is 334 g/mol. The average molecular weight is 335 g/mol. The van der Waals surface area contributed by atoms with Crippen molar-refractivity contribution in [3.8, 4) is 11.1 Å². The van der Waals surface area contributed by atoms with E-state index in [0.717, 1.165) is 27.9 Å². The Morgan fingerprint density at radius 3 is 2.41 bits per heavy atom. The first kappa shape index (κ1) is 15.3. The van der Waals surface area contributed by atoms with Crippen LogP contribution in [-0.4, -0.2) is 24.9 Å². The van der Waals surface area contributed by atoms with Crippen LogP contribution in [-0.2, 0) is 4.79 Å². The van der Waals surface area contributed by atoms with Crippen LogP contribution in [0.2, 0.25) is 10.0 Å². The molecule has 0 aliphatic heterocycles. The van der Waals surface area contributed by atoms with Gasteiger partial charge in [0.15, 0.2) is 0 Å². The number of amides is 1. The number of benzene rings is 2.